The van der Waals surface area contributed by atoms with Gasteiger partial charge in [0.05, 0.1) is 0 Å². The Morgan fingerprint density at radius 3 is 2.00 bits per heavy atom. The van der Waals surface area contributed by atoms with E-state index in [9.17, 15) is 9.59 Å². The molecule has 0 aliphatic heterocycles. The Hall–Kier alpha value is -2.62. The highest BCUT2D eigenvalue weighted by Gasteiger charge is 2.21. The van der Waals surface area contributed by atoms with E-state index in [2.05, 4.69) is 26.7 Å². The fraction of sp³-hybridized carbons (Fsp3) is 0.300. The molecule has 1 rings (SSSR count). The Morgan fingerprint density at radius 1 is 0.958 bits per heavy atom. The quantitative estimate of drug-likeness (QED) is 0.382. The first-order chi connectivity index (χ1) is 11.5. The van der Waals surface area contributed by atoms with Crippen LogP contribution in [0.5, 0.6) is 11.5 Å². The van der Waals surface area contributed by atoms with Crippen molar-refractivity contribution in [3.8, 4) is 11.5 Å². The first kappa shape index (κ1) is 19.4. The minimum Gasteiger partial charge on any atom is -0.419 e. The molecule has 0 heterocycles. The second-order valence-corrected chi connectivity index (χ2v) is 5.20. The lowest BCUT2D eigenvalue weighted by Crippen LogP contribution is -2.12. The van der Waals surface area contributed by atoms with E-state index in [0.29, 0.717) is 6.42 Å². The Labute approximate surface area is 143 Å². The summed E-state index contributed by atoms with van der Waals surface area (Å²) in [6.07, 6.45) is 7.14. The van der Waals surface area contributed by atoms with Crippen molar-refractivity contribution in [1.82, 2.24) is 0 Å². The van der Waals surface area contributed by atoms with E-state index in [1.165, 1.54) is 0 Å². The van der Waals surface area contributed by atoms with E-state index in [4.69, 9.17) is 9.47 Å². The third kappa shape index (κ3) is 4.69. The summed E-state index contributed by atoms with van der Waals surface area (Å²) < 4.78 is 10.7. The van der Waals surface area contributed by atoms with Crippen LogP contribution in [0.25, 0.3) is 6.08 Å². The molecule has 0 aromatic heterocycles. The molecule has 4 heteroatoms. The lowest BCUT2D eigenvalue weighted by molar-refractivity contribution is -0.131. The van der Waals surface area contributed by atoms with E-state index < -0.39 is 11.9 Å². The van der Waals surface area contributed by atoms with Crippen LogP contribution in [0.4, 0.5) is 0 Å². The van der Waals surface area contributed by atoms with Crippen molar-refractivity contribution < 1.29 is 19.1 Å². The van der Waals surface area contributed by atoms with Crippen molar-refractivity contribution in [2.75, 3.05) is 0 Å². The number of carbonyl (C=O) groups excluding carboxylic acids is 2. The van der Waals surface area contributed by atoms with Crippen molar-refractivity contribution in [3.05, 3.63) is 54.6 Å². The Morgan fingerprint density at radius 2 is 1.50 bits per heavy atom. The maximum atomic E-state index is 11.7. The molecular weight excluding hydrogens is 304 g/mol. The zero-order valence-corrected chi connectivity index (χ0v) is 14.4. The fourth-order valence-electron chi connectivity index (χ4n) is 2.48. The van der Waals surface area contributed by atoms with Crippen molar-refractivity contribution >= 4 is 18.0 Å². The molecule has 0 radical (unpaired) electrons. The van der Waals surface area contributed by atoms with Gasteiger partial charge in [0.25, 0.3) is 0 Å². The van der Waals surface area contributed by atoms with Gasteiger partial charge in [-0.3, -0.25) is 0 Å². The number of ether oxygens (including phenoxy) is 2. The summed E-state index contributed by atoms with van der Waals surface area (Å²) in [5.74, 6) is -0.761. The topological polar surface area (TPSA) is 52.6 Å². The van der Waals surface area contributed by atoms with Gasteiger partial charge in [-0.05, 0) is 30.0 Å². The number of hydrogen-bond acceptors (Lipinski definition) is 4. The summed E-state index contributed by atoms with van der Waals surface area (Å²) in [4.78, 5) is 23.4. The van der Waals surface area contributed by atoms with Gasteiger partial charge in [-0.15, -0.1) is 0 Å². The second kappa shape index (κ2) is 9.50. The third-order valence-corrected chi connectivity index (χ3v) is 3.46. The first-order valence-electron chi connectivity index (χ1n) is 8.01. The zero-order chi connectivity index (χ0) is 18.1. The minimum absolute atomic E-state index is 0.188. The Bertz CT molecular complexity index is 656. The summed E-state index contributed by atoms with van der Waals surface area (Å²) in [5.41, 5.74) is 2.78. The van der Waals surface area contributed by atoms with Gasteiger partial charge in [-0.25, -0.2) is 9.59 Å². The van der Waals surface area contributed by atoms with Gasteiger partial charge in [0.2, 0.25) is 0 Å². The maximum Gasteiger partial charge on any atom is 0.335 e. The first-order valence-corrected chi connectivity index (χ1v) is 8.01. The van der Waals surface area contributed by atoms with Gasteiger partial charge in [0, 0.05) is 17.7 Å². The molecular formula is C20H24O4. The molecule has 0 amide bonds. The van der Waals surface area contributed by atoms with E-state index in [0.717, 1.165) is 48.1 Å². The maximum absolute atomic E-state index is 11.7. The van der Waals surface area contributed by atoms with Crippen LogP contribution in [-0.4, -0.2) is 11.9 Å². The van der Waals surface area contributed by atoms with Crippen molar-refractivity contribution in [2.45, 2.75) is 39.5 Å². The molecule has 1 aromatic rings. The van der Waals surface area contributed by atoms with Gasteiger partial charge >= 0.3 is 11.9 Å². The Kier molecular flexibility index (Phi) is 7.69. The van der Waals surface area contributed by atoms with Crippen LogP contribution in [0.1, 0.15) is 43.4 Å². The van der Waals surface area contributed by atoms with E-state index in [1.54, 1.807) is 12.1 Å². The monoisotopic (exact) mass is 328 g/mol. The number of rotatable bonds is 9. The van der Waals surface area contributed by atoms with Gasteiger partial charge in [-0.1, -0.05) is 52.5 Å². The molecule has 0 bridgehead atoms. The summed E-state index contributed by atoms with van der Waals surface area (Å²) in [6, 6.07) is 1.67. The van der Waals surface area contributed by atoms with Crippen LogP contribution in [0.3, 0.4) is 0 Å². The van der Waals surface area contributed by atoms with Crippen molar-refractivity contribution in [1.29, 1.82) is 0 Å². The van der Waals surface area contributed by atoms with E-state index in [1.807, 2.05) is 6.92 Å². The SMILES string of the molecule is C=CC(=O)Oc1cc(C=C)c(CCC)c(CCC)c1OC(=O)C=C. The summed E-state index contributed by atoms with van der Waals surface area (Å²) in [5, 5.41) is 0. The highest BCUT2D eigenvalue weighted by Crippen LogP contribution is 2.38. The van der Waals surface area contributed by atoms with Gasteiger partial charge < -0.3 is 9.47 Å². The van der Waals surface area contributed by atoms with Gasteiger partial charge in [-0.2, -0.15) is 0 Å². The van der Waals surface area contributed by atoms with Crippen LogP contribution < -0.4 is 9.47 Å². The lowest BCUT2D eigenvalue weighted by Gasteiger charge is -2.19. The van der Waals surface area contributed by atoms with Crippen molar-refractivity contribution in [3.63, 3.8) is 0 Å². The average molecular weight is 328 g/mol. The fourth-order valence-corrected chi connectivity index (χ4v) is 2.48. The summed E-state index contributed by atoms with van der Waals surface area (Å²) in [7, 11) is 0. The molecule has 1 aromatic carbocycles. The van der Waals surface area contributed by atoms with Gasteiger partial charge in [0.1, 0.15) is 0 Å². The average Bonchev–Trinajstić information content (AvgIpc) is 2.59. The molecule has 0 aliphatic carbocycles. The molecule has 0 unspecified atom stereocenters. The van der Waals surface area contributed by atoms with Crippen LogP contribution in [-0.2, 0) is 22.4 Å². The van der Waals surface area contributed by atoms with Gasteiger partial charge in [0.15, 0.2) is 11.5 Å². The molecule has 0 saturated carbocycles. The molecule has 0 fully saturated rings. The molecule has 128 valence electrons. The highest BCUT2D eigenvalue weighted by atomic mass is 16.6. The standard InChI is InChI=1S/C20H24O4/c1-6-11-15-14(8-3)13-17(23-18(21)9-4)20(16(15)12-7-2)24-19(22)10-5/h8-10,13H,3-7,11-12H2,1-2H3. The van der Waals surface area contributed by atoms with Crippen LogP contribution >= 0.6 is 0 Å². The van der Waals surface area contributed by atoms with Crippen LogP contribution in [0.2, 0.25) is 0 Å². The number of hydrogen-bond donors (Lipinski definition) is 0. The van der Waals surface area contributed by atoms with Crippen LogP contribution in [0, 0.1) is 0 Å². The molecule has 0 atom stereocenters. The predicted octanol–water partition coefficient (Wildman–Crippen LogP) is 4.42. The summed E-state index contributed by atoms with van der Waals surface area (Å²) in [6.45, 7) is 14.8. The minimum atomic E-state index is -0.619. The predicted molar refractivity (Wildman–Crippen MR) is 96.2 cm³/mol. The normalized spacial score (nSPS) is 9.92. The largest absolute Gasteiger partial charge is 0.419 e. The van der Waals surface area contributed by atoms with E-state index >= 15 is 0 Å². The second-order valence-electron chi connectivity index (χ2n) is 5.20. The highest BCUT2D eigenvalue weighted by molar-refractivity contribution is 5.87. The van der Waals surface area contributed by atoms with Crippen LogP contribution in [0.15, 0.2) is 38.0 Å². The lowest BCUT2D eigenvalue weighted by atomic mass is 9.93. The summed E-state index contributed by atoms with van der Waals surface area (Å²) >= 11 is 0. The molecule has 0 saturated heterocycles. The smallest absolute Gasteiger partial charge is 0.335 e. The molecule has 4 nitrogen and oxygen atoms in total. The molecule has 0 aliphatic rings. The third-order valence-electron chi connectivity index (χ3n) is 3.46. The molecule has 24 heavy (non-hydrogen) atoms. The van der Waals surface area contributed by atoms with E-state index in [-0.39, 0.29) is 11.5 Å². The van der Waals surface area contributed by atoms with Crippen molar-refractivity contribution in [2.24, 2.45) is 0 Å². The molecule has 0 N–H and O–H groups in total. The zero-order valence-electron chi connectivity index (χ0n) is 14.4. The number of carbonyl (C=O) groups is 2. The number of benzene rings is 1. The number of esters is 2. The molecule has 0 spiro atoms. The Balaban J connectivity index is 3.64.